The molecular formula is C17H12BrN5. The molecule has 0 amide bonds. The van der Waals surface area contributed by atoms with Crippen LogP contribution in [0.2, 0.25) is 0 Å². The molecule has 2 N–H and O–H groups in total. The van der Waals surface area contributed by atoms with Gasteiger partial charge in [-0.15, -0.1) is 0 Å². The Hall–Kier alpha value is -2.91. The number of nitrogens with one attached hydrogen (secondary N) is 2. The minimum Gasteiger partial charge on any atom is -0.340 e. The number of hydrogen-bond acceptors (Lipinski definition) is 5. The lowest BCUT2D eigenvalue weighted by Gasteiger charge is -2.08. The Morgan fingerprint density at radius 3 is 2.22 bits per heavy atom. The predicted octanol–water partition coefficient (Wildman–Crippen LogP) is 4.60. The number of benzene rings is 2. The molecular weight excluding hydrogens is 354 g/mol. The molecule has 0 saturated carbocycles. The number of aromatic nitrogens is 2. The van der Waals surface area contributed by atoms with Crippen LogP contribution < -0.4 is 10.6 Å². The third-order valence-corrected chi connectivity index (χ3v) is 3.57. The summed E-state index contributed by atoms with van der Waals surface area (Å²) in [6, 6.07) is 18.8. The first kappa shape index (κ1) is 15.0. The Morgan fingerprint density at radius 1 is 0.870 bits per heavy atom. The highest BCUT2D eigenvalue weighted by Crippen LogP contribution is 2.19. The molecule has 0 radical (unpaired) electrons. The average molecular weight is 366 g/mol. The molecule has 1 aromatic heterocycles. The van der Waals surface area contributed by atoms with Crippen LogP contribution in [-0.4, -0.2) is 9.97 Å². The summed E-state index contributed by atoms with van der Waals surface area (Å²) in [5.41, 5.74) is 2.39. The Balaban J connectivity index is 1.74. The van der Waals surface area contributed by atoms with Gasteiger partial charge in [-0.05, 0) is 54.6 Å². The van der Waals surface area contributed by atoms with Crippen molar-refractivity contribution in [2.45, 2.75) is 0 Å². The number of nitrogens with zero attached hydrogens (tertiary/aromatic N) is 3. The van der Waals surface area contributed by atoms with Crippen molar-refractivity contribution in [3.05, 3.63) is 70.8 Å². The van der Waals surface area contributed by atoms with E-state index in [0.29, 0.717) is 17.3 Å². The summed E-state index contributed by atoms with van der Waals surface area (Å²) in [5, 5.41) is 15.1. The molecule has 23 heavy (non-hydrogen) atoms. The van der Waals surface area contributed by atoms with Gasteiger partial charge in [0.15, 0.2) is 0 Å². The van der Waals surface area contributed by atoms with Gasteiger partial charge in [0.1, 0.15) is 5.82 Å². The maximum atomic E-state index is 8.81. The molecule has 0 spiro atoms. The number of hydrogen-bond donors (Lipinski definition) is 2. The van der Waals surface area contributed by atoms with E-state index in [0.717, 1.165) is 15.8 Å². The zero-order valence-electron chi connectivity index (χ0n) is 12.0. The van der Waals surface area contributed by atoms with Crippen molar-refractivity contribution in [2.24, 2.45) is 0 Å². The highest BCUT2D eigenvalue weighted by atomic mass is 79.9. The highest BCUT2D eigenvalue weighted by molar-refractivity contribution is 9.10. The third kappa shape index (κ3) is 4.05. The van der Waals surface area contributed by atoms with Crippen molar-refractivity contribution in [3.8, 4) is 6.07 Å². The second kappa shape index (κ2) is 6.90. The van der Waals surface area contributed by atoms with Gasteiger partial charge < -0.3 is 10.6 Å². The normalized spacial score (nSPS) is 9.91. The van der Waals surface area contributed by atoms with Crippen LogP contribution in [0.1, 0.15) is 5.56 Å². The molecule has 0 bridgehead atoms. The summed E-state index contributed by atoms with van der Waals surface area (Å²) in [6.07, 6.45) is 1.68. The zero-order valence-corrected chi connectivity index (χ0v) is 13.6. The van der Waals surface area contributed by atoms with Crippen LogP contribution in [-0.2, 0) is 0 Å². The van der Waals surface area contributed by atoms with Crippen LogP contribution in [0.5, 0.6) is 0 Å². The van der Waals surface area contributed by atoms with Crippen molar-refractivity contribution in [2.75, 3.05) is 10.6 Å². The smallest absolute Gasteiger partial charge is 0.229 e. The lowest BCUT2D eigenvalue weighted by Crippen LogP contribution is -2.00. The topological polar surface area (TPSA) is 73.6 Å². The summed E-state index contributed by atoms with van der Waals surface area (Å²) >= 11 is 3.40. The standard InChI is InChI=1S/C17H12BrN5/c18-13-3-7-15(8-4-13)22-17-20-10-9-16(23-17)21-14-5-1-12(11-19)2-6-14/h1-10H,(H2,20,21,22,23). The van der Waals surface area contributed by atoms with Crippen molar-refractivity contribution in [1.82, 2.24) is 9.97 Å². The van der Waals surface area contributed by atoms with Crippen molar-refractivity contribution in [3.63, 3.8) is 0 Å². The van der Waals surface area contributed by atoms with E-state index in [2.05, 4.69) is 42.6 Å². The van der Waals surface area contributed by atoms with Gasteiger partial charge in [0.2, 0.25) is 5.95 Å². The summed E-state index contributed by atoms with van der Waals surface area (Å²) in [6.45, 7) is 0. The fraction of sp³-hybridized carbons (Fsp3) is 0. The first-order valence-corrected chi connectivity index (χ1v) is 7.65. The fourth-order valence-electron chi connectivity index (χ4n) is 1.93. The molecule has 0 fully saturated rings. The van der Waals surface area contributed by atoms with Gasteiger partial charge in [0, 0.05) is 22.0 Å². The second-order valence-electron chi connectivity index (χ2n) is 4.71. The minimum atomic E-state index is 0.506. The third-order valence-electron chi connectivity index (χ3n) is 3.04. The van der Waals surface area contributed by atoms with E-state index in [-0.39, 0.29) is 0 Å². The Labute approximate surface area is 142 Å². The largest absolute Gasteiger partial charge is 0.340 e. The summed E-state index contributed by atoms with van der Waals surface area (Å²) in [4.78, 5) is 8.63. The molecule has 1 heterocycles. The van der Waals surface area contributed by atoms with Gasteiger partial charge in [-0.25, -0.2) is 4.98 Å². The summed E-state index contributed by atoms with van der Waals surface area (Å²) in [5.74, 6) is 1.18. The monoisotopic (exact) mass is 365 g/mol. The van der Waals surface area contributed by atoms with Crippen LogP contribution in [0.15, 0.2) is 65.3 Å². The van der Waals surface area contributed by atoms with Crippen LogP contribution in [0.4, 0.5) is 23.1 Å². The van der Waals surface area contributed by atoms with Crippen molar-refractivity contribution >= 4 is 39.1 Å². The molecule has 112 valence electrons. The van der Waals surface area contributed by atoms with E-state index in [9.17, 15) is 0 Å². The second-order valence-corrected chi connectivity index (χ2v) is 5.63. The minimum absolute atomic E-state index is 0.506. The number of nitriles is 1. The van der Waals surface area contributed by atoms with Crippen LogP contribution in [0, 0.1) is 11.3 Å². The molecule has 0 aliphatic heterocycles. The van der Waals surface area contributed by atoms with Crippen LogP contribution in [0.3, 0.4) is 0 Å². The van der Waals surface area contributed by atoms with E-state index >= 15 is 0 Å². The number of rotatable bonds is 4. The molecule has 5 nitrogen and oxygen atoms in total. The fourth-order valence-corrected chi connectivity index (χ4v) is 2.19. The maximum absolute atomic E-state index is 8.81. The molecule has 3 rings (SSSR count). The first-order chi connectivity index (χ1) is 11.2. The summed E-state index contributed by atoms with van der Waals surface area (Å²) in [7, 11) is 0. The summed E-state index contributed by atoms with van der Waals surface area (Å²) < 4.78 is 1.01. The quantitative estimate of drug-likeness (QED) is 0.706. The molecule has 3 aromatic rings. The Kier molecular flexibility index (Phi) is 4.50. The van der Waals surface area contributed by atoms with Gasteiger partial charge in [0.25, 0.3) is 0 Å². The lowest BCUT2D eigenvalue weighted by molar-refractivity contribution is 1.17. The van der Waals surface area contributed by atoms with E-state index in [1.165, 1.54) is 0 Å². The number of halogens is 1. The van der Waals surface area contributed by atoms with Gasteiger partial charge in [0.05, 0.1) is 11.6 Å². The van der Waals surface area contributed by atoms with Gasteiger partial charge in [-0.1, -0.05) is 15.9 Å². The molecule has 0 aliphatic rings. The van der Waals surface area contributed by atoms with E-state index in [4.69, 9.17) is 5.26 Å². The Morgan fingerprint density at radius 2 is 1.52 bits per heavy atom. The van der Waals surface area contributed by atoms with Crippen LogP contribution in [0.25, 0.3) is 0 Å². The molecule has 6 heteroatoms. The van der Waals surface area contributed by atoms with Crippen molar-refractivity contribution in [1.29, 1.82) is 5.26 Å². The molecule has 0 unspecified atom stereocenters. The molecule has 0 atom stereocenters. The van der Waals surface area contributed by atoms with Gasteiger partial charge >= 0.3 is 0 Å². The van der Waals surface area contributed by atoms with Gasteiger partial charge in [-0.3, -0.25) is 0 Å². The van der Waals surface area contributed by atoms with Crippen molar-refractivity contribution < 1.29 is 0 Å². The number of anilines is 4. The van der Waals surface area contributed by atoms with E-state index in [1.807, 2.05) is 36.4 Å². The van der Waals surface area contributed by atoms with Crippen LogP contribution >= 0.6 is 15.9 Å². The predicted molar refractivity (Wildman–Crippen MR) is 93.9 cm³/mol. The van der Waals surface area contributed by atoms with E-state index < -0.39 is 0 Å². The Bertz CT molecular complexity index is 838. The zero-order chi connectivity index (χ0) is 16.1. The average Bonchev–Trinajstić information content (AvgIpc) is 2.58. The van der Waals surface area contributed by atoms with Gasteiger partial charge in [-0.2, -0.15) is 10.2 Å². The lowest BCUT2D eigenvalue weighted by atomic mass is 10.2. The maximum Gasteiger partial charge on any atom is 0.229 e. The first-order valence-electron chi connectivity index (χ1n) is 6.86. The van der Waals surface area contributed by atoms with E-state index in [1.54, 1.807) is 24.4 Å². The highest BCUT2D eigenvalue weighted by Gasteiger charge is 2.01. The molecule has 2 aromatic carbocycles. The molecule has 0 saturated heterocycles. The molecule has 0 aliphatic carbocycles. The SMILES string of the molecule is N#Cc1ccc(Nc2ccnc(Nc3ccc(Br)cc3)n2)cc1.